The van der Waals surface area contributed by atoms with Crippen molar-refractivity contribution < 1.29 is 19.5 Å². The van der Waals surface area contributed by atoms with Crippen molar-refractivity contribution in [1.29, 1.82) is 0 Å². The summed E-state index contributed by atoms with van der Waals surface area (Å²) in [5.74, 6) is -1.33. The third-order valence-corrected chi connectivity index (χ3v) is 4.95. The molecule has 0 fully saturated rings. The van der Waals surface area contributed by atoms with E-state index in [1.807, 2.05) is 24.3 Å². The molecule has 6 nitrogen and oxygen atoms in total. The Hall–Kier alpha value is -2.63. The monoisotopic (exact) mass is 342 g/mol. The molecule has 1 aromatic rings. The largest absolute Gasteiger partial charge is 0.479 e. The first kappa shape index (κ1) is 17.2. The molecule has 1 aromatic carbocycles. The van der Waals surface area contributed by atoms with E-state index in [0.29, 0.717) is 19.5 Å². The minimum atomic E-state index is -1.03. The summed E-state index contributed by atoms with van der Waals surface area (Å²) in [6, 6.07) is 6.57. The van der Waals surface area contributed by atoms with Gasteiger partial charge in [0.25, 0.3) is 0 Å². The molecule has 0 radical (unpaired) electrons. The Labute approximate surface area is 146 Å². The number of carbonyl (C=O) groups excluding carboxylic acids is 2. The van der Waals surface area contributed by atoms with Crippen molar-refractivity contribution >= 4 is 17.8 Å². The quantitative estimate of drug-likeness (QED) is 0.849. The summed E-state index contributed by atoms with van der Waals surface area (Å²) in [6.07, 6.45) is 4.87. The van der Waals surface area contributed by atoms with E-state index in [9.17, 15) is 19.5 Å². The van der Waals surface area contributed by atoms with E-state index in [1.165, 1.54) is 11.8 Å². The zero-order valence-corrected chi connectivity index (χ0v) is 14.2. The molecule has 25 heavy (non-hydrogen) atoms. The molecule has 132 valence electrons. The zero-order valence-electron chi connectivity index (χ0n) is 14.2. The zero-order chi connectivity index (χ0) is 18.0. The first-order valence-electron chi connectivity index (χ1n) is 8.53. The number of carboxylic acid groups (broad SMARTS) is 1. The van der Waals surface area contributed by atoms with Gasteiger partial charge in [-0.05, 0) is 24.0 Å². The Morgan fingerprint density at radius 3 is 2.64 bits per heavy atom. The molecule has 0 spiro atoms. The van der Waals surface area contributed by atoms with Crippen molar-refractivity contribution in [2.75, 3.05) is 13.1 Å². The number of carboxylic acids is 1. The summed E-state index contributed by atoms with van der Waals surface area (Å²) >= 11 is 0. The number of benzene rings is 1. The van der Waals surface area contributed by atoms with Gasteiger partial charge in [-0.15, -0.1) is 0 Å². The van der Waals surface area contributed by atoms with Crippen LogP contribution < -0.4 is 0 Å². The van der Waals surface area contributed by atoms with Crippen LogP contribution in [0.1, 0.15) is 36.9 Å². The van der Waals surface area contributed by atoms with Gasteiger partial charge >= 0.3 is 5.97 Å². The third-order valence-electron chi connectivity index (χ3n) is 4.95. The van der Waals surface area contributed by atoms with E-state index in [0.717, 1.165) is 17.5 Å². The van der Waals surface area contributed by atoms with Crippen molar-refractivity contribution in [3.8, 4) is 0 Å². The van der Waals surface area contributed by atoms with Crippen molar-refractivity contribution in [3.63, 3.8) is 0 Å². The molecule has 0 saturated carbocycles. The summed E-state index contributed by atoms with van der Waals surface area (Å²) in [5.41, 5.74) is 2.13. The number of carbonyl (C=O) groups is 3. The van der Waals surface area contributed by atoms with Gasteiger partial charge in [-0.25, -0.2) is 4.79 Å². The van der Waals surface area contributed by atoms with Crippen LogP contribution >= 0.6 is 0 Å². The number of fused-ring (bicyclic) bond motifs is 1. The van der Waals surface area contributed by atoms with E-state index in [2.05, 4.69) is 0 Å². The van der Waals surface area contributed by atoms with E-state index < -0.39 is 12.0 Å². The van der Waals surface area contributed by atoms with E-state index in [1.54, 1.807) is 17.1 Å². The molecular formula is C19H22N2O4. The van der Waals surface area contributed by atoms with E-state index in [4.69, 9.17) is 0 Å². The molecule has 2 aliphatic heterocycles. The Morgan fingerprint density at radius 2 is 1.92 bits per heavy atom. The Kier molecular flexibility index (Phi) is 4.88. The molecule has 0 aliphatic carbocycles. The predicted octanol–water partition coefficient (Wildman–Crippen LogP) is 1.76. The van der Waals surface area contributed by atoms with Crippen LogP contribution in [-0.4, -0.2) is 51.8 Å². The lowest BCUT2D eigenvalue weighted by molar-refractivity contribution is -0.149. The summed E-state index contributed by atoms with van der Waals surface area (Å²) in [4.78, 5) is 39.4. The van der Waals surface area contributed by atoms with Crippen molar-refractivity contribution in [2.45, 2.75) is 38.3 Å². The fourth-order valence-corrected chi connectivity index (χ4v) is 3.71. The van der Waals surface area contributed by atoms with Crippen LogP contribution in [0, 0.1) is 0 Å². The van der Waals surface area contributed by atoms with Crippen molar-refractivity contribution in [1.82, 2.24) is 9.80 Å². The van der Waals surface area contributed by atoms with Gasteiger partial charge in [-0.1, -0.05) is 36.4 Å². The van der Waals surface area contributed by atoms with Gasteiger partial charge in [-0.3, -0.25) is 9.59 Å². The average molecular weight is 342 g/mol. The summed E-state index contributed by atoms with van der Waals surface area (Å²) in [6.45, 7) is 2.47. The maximum Gasteiger partial charge on any atom is 0.330 e. The molecule has 3 rings (SSSR count). The van der Waals surface area contributed by atoms with E-state index >= 15 is 0 Å². The highest BCUT2D eigenvalue weighted by Crippen LogP contribution is 2.33. The lowest BCUT2D eigenvalue weighted by Crippen LogP contribution is -2.48. The van der Waals surface area contributed by atoms with Crippen LogP contribution in [0.2, 0.25) is 0 Å². The Morgan fingerprint density at radius 1 is 1.16 bits per heavy atom. The number of hydrogen-bond acceptors (Lipinski definition) is 3. The second-order valence-corrected chi connectivity index (χ2v) is 6.47. The van der Waals surface area contributed by atoms with Gasteiger partial charge in [0.1, 0.15) is 6.04 Å². The van der Waals surface area contributed by atoms with Gasteiger partial charge in [0.2, 0.25) is 11.8 Å². The van der Waals surface area contributed by atoms with Crippen LogP contribution in [0.15, 0.2) is 36.4 Å². The average Bonchev–Trinajstić information content (AvgIpc) is 2.61. The first-order valence-corrected chi connectivity index (χ1v) is 8.53. The minimum Gasteiger partial charge on any atom is -0.479 e. The number of hydrogen-bond donors (Lipinski definition) is 1. The molecule has 2 amide bonds. The highest BCUT2D eigenvalue weighted by atomic mass is 16.4. The van der Waals surface area contributed by atoms with Crippen molar-refractivity contribution in [2.24, 2.45) is 0 Å². The number of aliphatic carboxylic acids is 1. The topological polar surface area (TPSA) is 77.9 Å². The second kappa shape index (κ2) is 7.09. The molecule has 0 saturated heterocycles. The molecule has 6 heteroatoms. The molecule has 1 N–H and O–H groups in total. The maximum atomic E-state index is 12.8. The Balaban J connectivity index is 1.86. The molecule has 0 aromatic heterocycles. The highest BCUT2D eigenvalue weighted by Gasteiger charge is 2.35. The van der Waals surface area contributed by atoms with E-state index in [-0.39, 0.29) is 24.3 Å². The van der Waals surface area contributed by atoms with Gasteiger partial charge in [-0.2, -0.15) is 0 Å². The van der Waals surface area contributed by atoms with Crippen LogP contribution in [0.25, 0.3) is 0 Å². The lowest BCUT2D eigenvalue weighted by Gasteiger charge is -2.38. The summed E-state index contributed by atoms with van der Waals surface area (Å²) in [5, 5.41) is 9.35. The SMILES string of the molecule is CC(=O)N1CCc2ccccc2C1CC(=O)N1CCC=CC1C(=O)O. The number of nitrogens with zero attached hydrogens (tertiary/aromatic N) is 2. The Bertz CT molecular complexity index is 728. The fourth-order valence-electron chi connectivity index (χ4n) is 3.71. The molecule has 2 atom stereocenters. The minimum absolute atomic E-state index is 0.0689. The smallest absolute Gasteiger partial charge is 0.330 e. The number of amides is 2. The third kappa shape index (κ3) is 3.43. The fraction of sp³-hybridized carbons (Fsp3) is 0.421. The van der Waals surface area contributed by atoms with Gasteiger partial charge in [0.05, 0.1) is 12.5 Å². The van der Waals surface area contributed by atoms with Crippen LogP contribution in [0.3, 0.4) is 0 Å². The van der Waals surface area contributed by atoms with Crippen LogP contribution in [-0.2, 0) is 20.8 Å². The molecule has 2 aliphatic rings. The second-order valence-electron chi connectivity index (χ2n) is 6.47. The predicted molar refractivity (Wildman–Crippen MR) is 91.8 cm³/mol. The van der Waals surface area contributed by atoms with Crippen LogP contribution in [0.4, 0.5) is 0 Å². The summed E-state index contributed by atoms with van der Waals surface area (Å²) in [7, 11) is 0. The highest BCUT2D eigenvalue weighted by molar-refractivity contribution is 5.86. The molecule has 0 bridgehead atoms. The normalized spacial score (nSPS) is 22.4. The first-order chi connectivity index (χ1) is 12.0. The van der Waals surface area contributed by atoms with Gasteiger partial charge in [0.15, 0.2) is 0 Å². The van der Waals surface area contributed by atoms with Crippen LogP contribution in [0.5, 0.6) is 0 Å². The lowest BCUT2D eigenvalue weighted by atomic mass is 9.90. The molecule has 2 heterocycles. The van der Waals surface area contributed by atoms with Crippen molar-refractivity contribution in [3.05, 3.63) is 47.5 Å². The standard InChI is InChI=1S/C19H22N2O4/c1-13(22)20-11-9-14-6-2-3-7-15(14)17(20)12-18(23)21-10-5-4-8-16(21)19(24)25/h2-4,6-8,16-17H,5,9-12H2,1H3,(H,24,25). The number of rotatable bonds is 3. The molecule has 2 unspecified atom stereocenters. The summed E-state index contributed by atoms with van der Waals surface area (Å²) < 4.78 is 0. The van der Waals surface area contributed by atoms with Gasteiger partial charge < -0.3 is 14.9 Å². The molecular weight excluding hydrogens is 320 g/mol. The van der Waals surface area contributed by atoms with Gasteiger partial charge in [0, 0.05) is 20.0 Å². The maximum absolute atomic E-state index is 12.8.